The van der Waals surface area contributed by atoms with Crippen molar-refractivity contribution in [1.29, 1.82) is 0 Å². The molecule has 20 heavy (non-hydrogen) atoms. The molecule has 0 aromatic heterocycles. The fourth-order valence-corrected chi connectivity index (χ4v) is 2.35. The van der Waals surface area contributed by atoms with Crippen LogP contribution in [0, 0.1) is 20.8 Å². The Bertz CT molecular complexity index is 623. The second-order valence-corrected chi connectivity index (χ2v) is 5.53. The topological polar surface area (TPSA) is 21.3 Å². The summed E-state index contributed by atoms with van der Waals surface area (Å²) in [6.45, 7) is 7.00. The van der Waals surface area contributed by atoms with Gasteiger partial charge in [0, 0.05) is 17.1 Å². The van der Waals surface area contributed by atoms with Gasteiger partial charge in [0.15, 0.2) is 0 Å². The first kappa shape index (κ1) is 14.9. The highest BCUT2D eigenvalue weighted by Crippen LogP contribution is 2.32. The van der Waals surface area contributed by atoms with Crippen molar-refractivity contribution in [3.8, 4) is 11.5 Å². The van der Waals surface area contributed by atoms with Crippen molar-refractivity contribution in [2.24, 2.45) is 0 Å². The highest BCUT2D eigenvalue weighted by molar-refractivity contribution is 6.30. The summed E-state index contributed by atoms with van der Waals surface area (Å²) in [5.74, 6) is 1.70. The first-order valence-corrected chi connectivity index (χ1v) is 7.08. The van der Waals surface area contributed by atoms with Crippen molar-refractivity contribution < 1.29 is 4.74 Å². The van der Waals surface area contributed by atoms with Crippen molar-refractivity contribution in [3.63, 3.8) is 0 Å². The van der Waals surface area contributed by atoms with Crippen LogP contribution in [-0.2, 0) is 6.54 Å². The molecule has 0 saturated carbocycles. The number of ether oxygens (including phenoxy) is 1. The van der Waals surface area contributed by atoms with Crippen LogP contribution in [0.1, 0.15) is 22.3 Å². The van der Waals surface area contributed by atoms with Gasteiger partial charge in [-0.1, -0.05) is 23.7 Å². The molecule has 1 N–H and O–H groups in total. The Morgan fingerprint density at radius 1 is 1.05 bits per heavy atom. The second-order valence-electron chi connectivity index (χ2n) is 5.09. The van der Waals surface area contributed by atoms with E-state index in [4.69, 9.17) is 16.3 Å². The fourth-order valence-electron chi connectivity index (χ4n) is 2.19. The molecule has 2 aromatic rings. The Morgan fingerprint density at radius 2 is 1.80 bits per heavy atom. The number of benzene rings is 2. The zero-order valence-corrected chi connectivity index (χ0v) is 13.1. The van der Waals surface area contributed by atoms with Crippen molar-refractivity contribution in [1.82, 2.24) is 5.32 Å². The van der Waals surface area contributed by atoms with Crippen LogP contribution in [0.15, 0.2) is 30.3 Å². The number of halogens is 1. The Balaban J connectivity index is 2.41. The molecule has 0 heterocycles. The summed E-state index contributed by atoms with van der Waals surface area (Å²) in [6, 6.07) is 9.97. The predicted molar refractivity (Wildman–Crippen MR) is 84.9 cm³/mol. The first-order valence-electron chi connectivity index (χ1n) is 6.70. The van der Waals surface area contributed by atoms with Crippen molar-refractivity contribution >= 4 is 11.6 Å². The Morgan fingerprint density at radius 3 is 2.50 bits per heavy atom. The van der Waals surface area contributed by atoms with E-state index in [0.29, 0.717) is 5.02 Å². The van der Waals surface area contributed by atoms with Crippen LogP contribution in [0.2, 0.25) is 5.02 Å². The molecule has 0 spiro atoms. The molecule has 0 amide bonds. The number of nitrogens with one attached hydrogen (secondary N) is 1. The van der Waals surface area contributed by atoms with Crippen LogP contribution in [0.4, 0.5) is 0 Å². The fraction of sp³-hybridized carbons (Fsp3) is 0.294. The lowest BCUT2D eigenvalue weighted by atomic mass is 10.1. The molecule has 2 aromatic carbocycles. The maximum Gasteiger partial charge on any atom is 0.133 e. The van der Waals surface area contributed by atoms with E-state index in [1.165, 1.54) is 11.1 Å². The van der Waals surface area contributed by atoms with Gasteiger partial charge in [0.05, 0.1) is 0 Å². The lowest BCUT2D eigenvalue weighted by Crippen LogP contribution is -2.06. The predicted octanol–water partition coefficient (Wildman–Crippen LogP) is 4.78. The summed E-state index contributed by atoms with van der Waals surface area (Å²) in [4.78, 5) is 0. The minimum Gasteiger partial charge on any atom is -0.457 e. The zero-order chi connectivity index (χ0) is 14.7. The summed E-state index contributed by atoms with van der Waals surface area (Å²) >= 11 is 6.09. The number of hydrogen-bond acceptors (Lipinski definition) is 2. The molecule has 2 nitrogen and oxygen atoms in total. The Hall–Kier alpha value is -1.51. The molecular formula is C17H20ClNO. The van der Waals surface area contributed by atoms with Crippen LogP contribution in [0.3, 0.4) is 0 Å². The van der Waals surface area contributed by atoms with E-state index in [0.717, 1.165) is 29.2 Å². The zero-order valence-electron chi connectivity index (χ0n) is 12.4. The minimum absolute atomic E-state index is 0.682. The summed E-state index contributed by atoms with van der Waals surface area (Å²) < 4.78 is 6.11. The van der Waals surface area contributed by atoms with Gasteiger partial charge >= 0.3 is 0 Å². The van der Waals surface area contributed by atoms with E-state index in [-0.39, 0.29) is 0 Å². The van der Waals surface area contributed by atoms with Gasteiger partial charge in [-0.25, -0.2) is 0 Å². The van der Waals surface area contributed by atoms with Gasteiger partial charge in [-0.05, 0) is 62.7 Å². The van der Waals surface area contributed by atoms with Crippen LogP contribution < -0.4 is 10.1 Å². The molecule has 3 heteroatoms. The molecule has 0 unspecified atom stereocenters. The molecule has 0 radical (unpaired) electrons. The van der Waals surface area contributed by atoms with Gasteiger partial charge in [0.1, 0.15) is 11.5 Å². The first-order chi connectivity index (χ1) is 9.51. The van der Waals surface area contributed by atoms with Crippen LogP contribution >= 0.6 is 11.6 Å². The highest BCUT2D eigenvalue weighted by atomic mass is 35.5. The summed E-state index contributed by atoms with van der Waals surface area (Å²) in [5, 5.41) is 3.83. The lowest BCUT2D eigenvalue weighted by Gasteiger charge is -2.15. The van der Waals surface area contributed by atoms with Crippen LogP contribution in [0.25, 0.3) is 0 Å². The SMILES string of the molecule is CNCc1ccc(Cl)cc1Oc1cc(C)cc(C)c1C. The van der Waals surface area contributed by atoms with E-state index >= 15 is 0 Å². The highest BCUT2D eigenvalue weighted by Gasteiger charge is 2.09. The van der Waals surface area contributed by atoms with Crippen LogP contribution in [-0.4, -0.2) is 7.05 Å². The molecule has 0 atom stereocenters. The standard InChI is InChI=1S/C17H20ClNO/c1-11-7-12(2)13(3)16(8-11)20-17-9-15(18)6-5-14(17)10-19-4/h5-9,19H,10H2,1-4H3. The summed E-state index contributed by atoms with van der Waals surface area (Å²) in [5.41, 5.74) is 4.68. The largest absolute Gasteiger partial charge is 0.457 e. The van der Waals surface area contributed by atoms with Gasteiger partial charge in [-0.3, -0.25) is 0 Å². The molecule has 2 rings (SSSR count). The van der Waals surface area contributed by atoms with E-state index in [1.807, 2.05) is 25.2 Å². The number of aryl methyl sites for hydroxylation is 2. The molecule has 0 aliphatic heterocycles. The van der Waals surface area contributed by atoms with Crippen molar-refractivity contribution in [3.05, 3.63) is 57.6 Å². The monoisotopic (exact) mass is 289 g/mol. The molecule has 0 saturated heterocycles. The third-order valence-electron chi connectivity index (χ3n) is 3.38. The van der Waals surface area contributed by atoms with E-state index < -0.39 is 0 Å². The van der Waals surface area contributed by atoms with Crippen molar-refractivity contribution in [2.45, 2.75) is 27.3 Å². The molecule has 0 aliphatic rings. The molecule has 0 fully saturated rings. The normalized spacial score (nSPS) is 10.7. The van der Waals surface area contributed by atoms with Gasteiger partial charge < -0.3 is 10.1 Å². The average molecular weight is 290 g/mol. The van der Waals surface area contributed by atoms with E-state index in [1.54, 1.807) is 0 Å². The molecule has 0 bridgehead atoms. The van der Waals surface area contributed by atoms with Gasteiger partial charge in [-0.2, -0.15) is 0 Å². The van der Waals surface area contributed by atoms with Crippen molar-refractivity contribution in [2.75, 3.05) is 7.05 Å². The minimum atomic E-state index is 0.682. The number of rotatable bonds is 4. The molecular weight excluding hydrogens is 270 g/mol. The maximum atomic E-state index is 6.11. The summed E-state index contributed by atoms with van der Waals surface area (Å²) in [6.07, 6.45) is 0. The third kappa shape index (κ3) is 3.33. The van der Waals surface area contributed by atoms with E-state index in [2.05, 4.69) is 38.2 Å². The van der Waals surface area contributed by atoms with E-state index in [9.17, 15) is 0 Å². The quantitative estimate of drug-likeness (QED) is 0.875. The average Bonchev–Trinajstić information content (AvgIpc) is 2.38. The summed E-state index contributed by atoms with van der Waals surface area (Å²) in [7, 11) is 1.92. The number of hydrogen-bond donors (Lipinski definition) is 1. The Labute approximate surface area is 125 Å². The molecule has 0 aliphatic carbocycles. The smallest absolute Gasteiger partial charge is 0.133 e. The van der Waals surface area contributed by atoms with Gasteiger partial charge in [0.25, 0.3) is 0 Å². The van der Waals surface area contributed by atoms with Gasteiger partial charge in [0.2, 0.25) is 0 Å². The third-order valence-corrected chi connectivity index (χ3v) is 3.62. The van der Waals surface area contributed by atoms with Gasteiger partial charge in [-0.15, -0.1) is 0 Å². The Kier molecular flexibility index (Phi) is 4.69. The second kappa shape index (κ2) is 6.29. The lowest BCUT2D eigenvalue weighted by molar-refractivity contribution is 0.470. The van der Waals surface area contributed by atoms with Crippen LogP contribution in [0.5, 0.6) is 11.5 Å². The maximum absolute atomic E-state index is 6.11. The molecule has 106 valence electrons.